The van der Waals surface area contributed by atoms with Gasteiger partial charge in [0.2, 0.25) is 0 Å². The molecule has 6 aromatic rings. The predicted octanol–water partition coefficient (Wildman–Crippen LogP) is 8.03. The topological polar surface area (TPSA) is 7.76 Å². The number of aryl methyl sites for hydroxylation is 2. The molecule has 0 spiro atoms. The molecule has 0 aliphatic carbocycles. The lowest BCUT2D eigenvalue weighted by Crippen LogP contribution is -2.82. The van der Waals surface area contributed by atoms with Gasteiger partial charge in [0.15, 0.2) is 0 Å². The van der Waals surface area contributed by atoms with Crippen LogP contribution in [0.15, 0.2) is 170 Å². The van der Waals surface area contributed by atoms with Crippen molar-refractivity contribution in [3.8, 4) is 0 Å². The highest BCUT2D eigenvalue weighted by Gasteiger charge is 2.62. The van der Waals surface area contributed by atoms with E-state index in [0.29, 0.717) is 0 Å². The van der Waals surface area contributed by atoms with Crippen LogP contribution in [-0.4, -0.2) is 6.42 Å². The third-order valence-electron chi connectivity index (χ3n) is 8.79. The van der Waals surface area contributed by atoms with E-state index in [0.717, 1.165) is 0 Å². The lowest BCUT2D eigenvalue weighted by Gasteiger charge is -2.31. The molecule has 43 heavy (non-hydrogen) atoms. The second-order valence-corrected chi connectivity index (χ2v) is 11.5. The molecule has 2 aromatic heterocycles. The Morgan fingerprint density at radius 2 is 0.628 bits per heavy atom. The minimum Gasteiger partial charge on any atom is -0.352 e. The highest BCUT2D eigenvalue weighted by atomic mass is 15.1. The number of hydrogen-bond donors (Lipinski definition) is 0. The van der Waals surface area contributed by atoms with Crippen LogP contribution in [0.1, 0.15) is 33.4 Å². The van der Waals surface area contributed by atoms with Crippen LogP contribution in [-0.2, 0) is 0 Å². The number of allylic oxidation sites excluding steroid dienone is 2. The van der Waals surface area contributed by atoms with Crippen molar-refractivity contribution >= 4 is 28.5 Å². The number of hydrogen-bond acceptors (Lipinski definition) is 0. The first-order chi connectivity index (χ1) is 21.2. The zero-order valence-electron chi connectivity index (χ0n) is 24.6. The van der Waals surface area contributed by atoms with Crippen molar-refractivity contribution in [1.29, 1.82) is 0 Å². The van der Waals surface area contributed by atoms with Gasteiger partial charge in [0.1, 0.15) is 24.8 Å². The van der Waals surface area contributed by atoms with Crippen LogP contribution in [0.5, 0.6) is 0 Å². The lowest BCUT2D eigenvalue weighted by atomic mass is 9.34. The fourth-order valence-corrected chi connectivity index (χ4v) is 6.89. The minimum atomic E-state index is -1.79. The first kappa shape index (κ1) is 26.6. The second-order valence-electron chi connectivity index (χ2n) is 11.5. The van der Waals surface area contributed by atoms with E-state index in [1.807, 2.05) is 0 Å². The molecule has 1 aliphatic heterocycles. The summed E-state index contributed by atoms with van der Waals surface area (Å²) in [6.45, 7) is 4.31. The maximum atomic E-state index is 2.46. The second kappa shape index (κ2) is 11.2. The predicted molar refractivity (Wildman–Crippen MR) is 179 cm³/mol. The minimum absolute atomic E-state index is 1.21. The molecule has 0 saturated carbocycles. The van der Waals surface area contributed by atoms with E-state index in [1.165, 1.54) is 55.5 Å². The zero-order chi connectivity index (χ0) is 29.2. The summed E-state index contributed by atoms with van der Waals surface area (Å²) in [5, 5.41) is 0. The molecule has 0 radical (unpaired) electrons. The molecule has 7 rings (SSSR count). The van der Waals surface area contributed by atoms with Gasteiger partial charge in [-0.2, -0.15) is 0 Å². The maximum Gasteiger partial charge on any atom is 0.604 e. The van der Waals surface area contributed by atoms with Crippen molar-refractivity contribution < 1.29 is 8.96 Å². The van der Waals surface area contributed by atoms with Gasteiger partial charge in [-0.1, -0.05) is 121 Å². The fourth-order valence-electron chi connectivity index (χ4n) is 6.89. The van der Waals surface area contributed by atoms with E-state index >= 15 is 0 Å². The summed E-state index contributed by atoms with van der Waals surface area (Å²) < 4.78 is 4.93. The summed E-state index contributed by atoms with van der Waals surface area (Å²) >= 11 is 0. The molecule has 0 saturated heterocycles. The molecule has 3 heterocycles. The Kier molecular flexibility index (Phi) is 6.92. The van der Waals surface area contributed by atoms with E-state index in [9.17, 15) is 0 Å². The van der Waals surface area contributed by atoms with Crippen molar-refractivity contribution in [2.45, 2.75) is 13.8 Å². The van der Waals surface area contributed by atoms with E-state index < -0.39 is 6.42 Å². The Labute approximate surface area is 254 Å². The molecule has 1 aliphatic rings. The number of rotatable bonds is 6. The van der Waals surface area contributed by atoms with Gasteiger partial charge in [-0.05, 0) is 69.3 Å². The van der Waals surface area contributed by atoms with E-state index in [1.54, 1.807) is 0 Å². The summed E-state index contributed by atoms with van der Waals surface area (Å²) in [6, 6.07) is 52.7. The lowest BCUT2D eigenvalue weighted by molar-refractivity contribution is -0.679. The van der Waals surface area contributed by atoms with Gasteiger partial charge < -0.3 is 8.96 Å². The average molecular weight is 554 g/mol. The summed E-state index contributed by atoms with van der Waals surface area (Å²) in [4.78, 5) is 0. The molecular formula is C40H34BN2+. The Hall–Kier alpha value is -5.28. The molecule has 0 unspecified atom stereocenters. The third kappa shape index (κ3) is 4.54. The highest BCUT2D eigenvalue weighted by molar-refractivity contribution is 7.04. The van der Waals surface area contributed by atoms with Gasteiger partial charge in [-0.25, -0.2) is 0 Å². The van der Waals surface area contributed by atoms with Crippen LogP contribution in [0.2, 0.25) is 0 Å². The van der Waals surface area contributed by atoms with Crippen molar-refractivity contribution in [3.05, 3.63) is 204 Å². The van der Waals surface area contributed by atoms with Gasteiger partial charge in [-0.15, -0.1) is 0 Å². The molecule has 0 amide bonds. The monoisotopic (exact) mass is 553 g/mol. The van der Waals surface area contributed by atoms with E-state index in [4.69, 9.17) is 0 Å². The van der Waals surface area contributed by atoms with Crippen LogP contribution in [0.3, 0.4) is 0 Å². The smallest absolute Gasteiger partial charge is 0.352 e. The molecule has 0 fully saturated rings. The van der Waals surface area contributed by atoms with Crippen molar-refractivity contribution in [2.24, 2.45) is 0 Å². The van der Waals surface area contributed by atoms with E-state index in [-0.39, 0.29) is 0 Å². The third-order valence-corrected chi connectivity index (χ3v) is 8.79. The van der Waals surface area contributed by atoms with Crippen LogP contribution >= 0.6 is 0 Å². The molecule has 0 N–H and O–H groups in total. The molecule has 0 atom stereocenters. The van der Waals surface area contributed by atoms with Gasteiger partial charge in [0.05, 0.1) is 0 Å². The van der Waals surface area contributed by atoms with Gasteiger partial charge in [0, 0.05) is 24.3 Å². The SMILES string of the molecule is Cc1cc[n+]([B-]2([n+]3ccc(C)cc3)C(c3ccccc3)=C(c3ccccc3)C(c3ccccc3)=C2c2ccccc2)cc1. The Morgan fingerprint density at radius 3 is 0.930 bits per heavy atom. The van der Waals surface area contributed by atoms with Crippen LogP contribution < -0.4 is 8.96 Å². The molecular weight excluding hydrogens is 519 g/mol. The molecule has 4 aromatic carbocycles. The maximum absolute atomic E-state index is 2.46. The Morgan fingerprint density at radius 1 is 0.349 bits per heavy atom. The standard InChI is InChI=1S/C40H34BN2/c1-31-23-27-42(28-24-31)41(43-29-25-32(2)26-30-43)39(35-19-11-5-12-20-35)37(33-15-7-3-8-16-33)38(34-17-9-4-10-18-34)40(41)36-21-13-6-14-22-36/h3-30H,1-2H3/q+1. The van der Waals surface area contributed by atoms with Gasteiger partial charge >= 0.3 is 6.42 Å². The fraction of sp³-hybridized carbons (Fsp3) is 0.0500. The van der Waals surface area contributed by atoms with E-state index in [2.05, 4.69) is 193 Å². The summed E-state index contributed by atoms with van der Waals surface area (Å²) in [5.74, 6) is 0. The Bertz CT molecular complexity index is 1780. The Balaban J connectivity index is 1.77. The van der Waals surface area contributed by atoms with Crippen molar-refractivity contribution in [3.63, 3.8) is 0 Å². The quantitative estimate of drug-likeness (QED) is 0.185. The van der Waals surface area contributed by atoms with Gasteiger partial charge in [-0.3, -0.25) is 0 Å². The van der Waals surface area contributed by atoms with Crippen LogP contribution in [0, 0.1) is 13.8 Å². The number of aromatic nitrogens is 2. The highest BCUT2D eigenvalue weighted by Crippen LogP contribution is 2.53. The molecule has 3 heteroatoms. The summed E-state index contributed by atoms with van der Waals surface area (Å²) in [7, 11) is 0. The van der Waals surface area contributed by atoms with Crippen molar-refractivity contribution in [1.82, 2.24) is 0 Å². The number of benzene rings is 4. The first-order valence-corrected chi connectivity index (χ1v) is 15.0. The summed E-state index contributed by atoms with van der Waals surface area (Å²) in [5.41, 5.74) is 12.4. The number of pyridine rings is 2. The normalized spacial score (nSPS) is 14.3. The van der Waals surface area contributed by atoms with Crippen molar-refractivity contribution in [2.75, 3.05) is 0 Å². The average Bonchev–Trinajstić information content (AvgIpc) is 3.40. The van der Waals surface area contributed by atoms with Crippen LogP contribution in [0.25, 0.3) is 22.1 Å². The van der Waals surface area contributed by atoms with Gasteiger partial charge in [0.25, 0.3) is 0 Å². The summed E-state index contributed by atoms with van der Waals surface area (Å²) in [6.07, 6.45) is 7.28. The first-order valence-electron chi connectivity index (χ1n) is 15.0. The van der Waals surface area contributed by atoms with Crippen LogP contribution in [0.4, 0.5) is 0 Å². The number of nitrogens with zero attached hydrogens (tertiary/aromatic N) is 2. The largest absolute Gasteiger partial charge is 0.604 e. The molecule has 0 bridgehead atoms. The molecule has 206 valence electrons. The zero-order valence-corrected chi connectivity index (χ0v) is 24.6. The molecule has 2 nitrogen and oxygen atoms in total.